The van der Waals surface area contributed by atoms with E-state index in [9.17, 15) is 8.42 Å². The summed E-state index contributed by atoms with van der Waals surface area (Å²) in [4.78, 5) is 0. The van der Waals surface area contributed by atoms with Crippen LogP contribution >= 0.6 is 11.3 Å². The second kappa shape index (κ2) is 5.09. The molecule has 0 amide bonds. The molecule has 0 radical (unpaired) electrons. The first-order chi connectivity index (χ1) is 6.97. The highest BCUT2D eigenvalue weighted by atomic mass is 32.2. The molecule has 1 aromatic heterocycles. The standard InChI is InChI=1S/C10H17NO2S2/c1-8(2)9(11-3)7-15(12,13)10-5-4-6-14-10/h4-6,8-9,11H,7H2,1-3H3. The lowest BCUT2D eigenvalue weighted by molar-refractivity contribution is 0.455. The van der Waals surface area contributed by atoms with E-state index >= 15 is 0 Å². The van der Waals surface area contributed by atoms with Crippen molar-refractivity contribution in [1.29, 1.82) is 0 Å². The van der Waals surface area contributed by atoms with Crippen LogP contribution in [0.4, 0.5) is 0 Å². The van der Waals surface area contributed by atoms with Crippen molar-refractivity contribution in [2.75, 3.05) is 12.8 Å². The molecule has 1 rings (SSSR count). The van der Waals surface area contributed by atoms with Crippen molar-refractivity contribution in [2.24, 2.45) is 5.92 Å². The second-order valence-corrected chi connectivity index (χ2v) is 7.06. The van der Waals surface area contributed by atoms with Gasteiger partial charge in [-0.2, -0.15) is 0 Å². The van der Waals surface area contributed by atoms with Crippen molar-refractivity contribution in [2.45, 2.75) is 24.1 Å². The van der Waals surface area contributed by atoms with Crippen molar-refractivity contribution in [3.05, 3.63) is 17.5 Å². The predicted molar refractivity (Wildman–Crippen MR) is 64.1 cm³/mol. The van der Waals surface area contributed by atoms with Gasteiger partial charge in [-0.1, -0.05) is 19.9 Å². The molecular formula is C10H17NO2S2. The lowest BCUT2D eigenvalue weighted by Gasteiger charge is -2.19. The molecule has 5 heteroatoms. The van der Waals surface area contributed by atoms with Crippen LogP contribution in [0, 0.1) is 5.92 Å². The average Bonchev–Trinajstić information content (AvgIpc) is 2.67. The van der Waals surface area contributed by atoms with E-state index in [1.165, 1.54) is 11.3 Å². The summed E-state index contributed by atoms with van der Waals surface area (Å²) in [6.45, 7) is 4.04. The first kappa shape index (κ1) is 12.7. The Labute approximate surface area is 95.4 Å². The van der Waals surface area contributed by atoms with Gasteiger partial charge in [-0.25, -0.2) is 8.42 Å². The molecule has 1 unspecified atom stereocenters. The summed E-state index contributed by atoms with van der Waals surface area (Å²) in [7, 11) is -1.32. The van der Waals surface area contributed by atoms with Crippen LogP contribution in [-0.2, 0) is 9.84 Å². The highest BCUT2D eigenvalue weighted by Gasteiger charge is 2.22. The summed E-state index contributed by atoms with van der Waals surface area (Å²) in [5.41, 5.74) is 0. The van der Waals surface area contributed by atoms with Crippen molar-refractivity contribution in [1.82, 2.24) is 5.32 Å². The molecule has 0 aromatic carbocycles. The zero-order chi connectivity index (χ0) is 11.5. The first-order valence-electron chi connectivity index (χ1n) is 4.91. The highest BCUT2D eigenvalue weighted by molar-refractivity contribution is 7.93. The fourth-order valence-corrected chi connectivity index (χ4v) is 4.25. The lowest BCUT2D eigenvalue weighted by atomic mass is 10.1. The minimum absolute atomic E-state index is 0.0112. The summed E-state index contributed by atoms with van der Waals surface area (Å²) >= 11 is 1.28. The zero-order valence-electron chi connectivity index (χ0n) is 9.23. The van der Waals surface area contributed by atoms with Gasteiger partial charge in [0, 0.05) is 6.04 Å². The Morgan fingerprint density at radius 2 is 2.13 bits per heavy atom. The van der Waals surface area contributed by atoms with E-state index < -0.39 is 9.84 Å². The summed E-state index contributed by atoms with van der Waals surface area (Å²) in [5.74, 6) is 0.478. The number of nitrogens with one attached hydrogen (secondary N) is 1. The third-order valence-electron chi connectivity index (χ3n) is 2.38. The molecule has 86 valence electrons. The molecule has 3 nitrogen and oxygen atoms in total. The quantitative estimate of drug-likeness (QED) is 0.862. The highest BCUT2D eigenvalue weighted by Crippen LogP contribution is 2.19. The smallest absolute Gasteiger partial charge is 0.189 e. The SMILES string of the molecule is CNC(CS(=O)(=O)c1cccs1)C(C)C. The Balaban J connectivity index is 2.81. The van der Waals surface area contributed by atoms with Crippen molar-refractivity contribution < 1.29 is 8.42 Å². The van der Waals surface area contributed by atoms with E-state index in [-0.39, 0.29) is 11.8 Å². The lowest BCUT2D eigenvalue weighted by Crippen LogP contribution is -2.37. The Bertz CT molecular complexity index is 382. The van der Waals surface area contributed by atoms with E-state index in [1.54, 1.807) is 24.6 Å². The molecular weight excluding hydrogens is 230 g/mol. The number of rotatable bonds is 5. The van der Waals surface area contributed by atoms with E-state index in [4.69, 9.17) is 0 Å². The van der Waals surface area contributed by atoms with Crippen LogP contribution in [0.3, 0.4) is 0 Å². The van der Waals surface area contributed by atoms with Crippen molar-refractivity contribution in [3.8, 4) is 0 Å². The molecule has 0 bridgehead atoms. The minimum Gasteiger partial charge on any atom is -0.316 e. The Kier molecular flexibility index (Phi) is 4.31. The molecule has 1 N–H and O–H groups in total. The van der Waals surface area contributed by atoms with Crippen LogP contribution in [0.5, 0.6) is 0 Å². The van der Waals surface area contributed by atoms with Crippen LogP contribution < -0.4 is 5.32 Å². The van der Waals surface area contributed by atoms with Gasteiger partial charge in [-0.3, -0.25) is 0 Å². The van der Waals surface area contributed by atoms with E-state index in [2.05, 4.69) is 5.32 Å². The van der Waals surface area contributed by atoms with Crippen molar-refractivity contribution in [3.63, 3.8) is 0 Å². The molecule has 0 aliphatic carbocycles. The van der Waals surface area contributed by atoms with Gasteiger partial charge >= 0.3 is 0 Å². The van der Waals surface area contributed by atoms with E-state index in [0.717, 1.165) is 0 Å². The number of thiophene rings is 1. The molecule has 0 fully saturated rings. The van der Waals surface area contributed by atoms with Gasteiger partial charge in [0.25, 0.3) is 0 Å². The summed E-state index contributed by atoms with van der Waals surface area (Å²) in [5, 5.41) is 4.83. The topological polar surface area (TPSA) is 46.2 Å². The fourth-order valence-electron chi connectivity index (χ4n) is 1.37. The third-order valence-corrected chi connectivity index (χ3v) is 5.64. The van der Waals surface area contributed by atoms with E-state index in [0.29, 0.717) is 10.1 Å². The zero-order valence-corrected chi connectivity index (χ0v) is 10.9. The maximum absolute atomic E-state index is 11.9. The van der Waals surface area contributed by atoms with E-state index in [1.807, 2.05) is 13.8 Å². The van der Waals surface area contributed by atoms with Gasteiger partial charge in [0.2, 0.25) is 0 Å². The molecule has 0 saturated heterocycles. The molecule has 0 aliphatic rings. The van der Waals surface area contributed by atoms with Crippen LogP contribution in [0.25, 0.3) is 0 Å². The normalized spacial score (nSPS) is 14.4. The molecule has 1 aromatic rings. The molecule has 0 saturated carbocycles. The maximum Gasteiger partial charge on any atom is 0.189 e. The van der Waals surface area contributed by atoms with Gasteiger partial charge in [-0.15, -0.1) is 11.3 Å². The predicted octanol–water partition coefficient (Wildman–Crippen LogP) is 1.77. The molecule has 1 heterocycles. The average molecular weight is 247 g/mol. The van der Waals surface area contributed by atoms with Crippen molar-refractivity contribution >= 4 is 21.2 Å². The Morgan fingerprint density at radius 1 is 1.47 bits per heavy atom. The fraction of sp³-hybridized carbons (Fsp3) is 0.600. The van der Waals surface area contributed by atoms with Gasteiger partial charge in [0.05, 0.1) is 5.75 Å². The number of hydrogen-bond donors (Lipinski definition) is 1. The Morgan fingerprint density at radius 3 is 2.53 bits per heavy atom. The summed E-state index contributed by atoms with van der Waals surface area (Å²) < 4.78 is 24.3. The van der Waals surface area contributed by atoms with Gasteiger partial charge < -0.3 is 5.32 Å². The van der Waals surface area contributed by atoms with Gasteiger partial charge in [-0.05, 0) is 24.4 Å². The summed E-state index contributed by atoms with van der Waals surface area (Å²) in [6.07, 6.45) is 0. The molecule has 15 heavy (non-hydrogen) atoms. The van der Waals surface area contributed by atoms with Gasteiger partial charge in [0.15, 0.2) is 9.84 Å². The minimum atomic E-state index is -3.12. The largest absolute Gasteiger partial charge is 0.316 e. The molecule has 0 aliphatic heterocycles. The van der Waals surface area contributed by atoms with Gasteiger partial charge in [0.1, 0.15) is 4.21 Å². The maximum atomic E-state index is 11.9. The summed E-state index contributed by atoms with van der Waals surface area (Å²) in [6, 6.07) is 3.44. The molecule has 0 spiro atoms. The Hall–Kier alpha value is -0.390. The van der Waals surface area contributed by atoms with Crippen LogP contribution in [0.1, 0.15) is 13.8 Å². The second-order valence-electron chi connectivity index (χ2n) is 3.85. The molecule has 1 atom stereocenters. The monoisotopic (exact) mass is 247 g/mol. The number of sulfone groups is 1. The first-order valence-corrected chi connectivity index (χ1v) is 7.44. The van der Waals surface area contributed by atoms with Crippen LogP contribution in [0.15, 0.2) is 21.7 Å². The number of hydrogen-bond acceptors (Lipinski definition) is 4. The van der Waals surface area contributed by atoms with Crippen LogP contribution in [0.2, 0.25) is 0 Å². The van der Waals surface area contributed by atoms with Crippen LogP contribution in [-0.4, -0.2) is 27.3 Å². The third kappa shape index (κ3) is 3.29.